The largest absolute Gasteiger partial charge is 0.478 e. The van der Waals surface area contributed by atoms with Gasteiger partial charge in [-0.05, 0) is 42.7 Å². The highest BCUT2D eigenvalue weighted by atomic mass is 19.1. The number of carbonyl (C=O) groups excluding carboxylic acids is 1. The predicted octanol–water partition coefficient (Wildman–Crippen LogP) is 3.08. The van der Waals surface area contributed by atoms with Gasteiger partial charge in [0.25, 0.3) is 5.88 Å². The molecule has 7 heteroatoms. The lowest BCUT2D eigenvalue weighted by atomic mass is 9.96. The highest BCUT2D eigenvalue weighted by Crippen LogP contribution is 2.49. The summed E-state index contributed by atoms with van der Waals surface area (Å²) in [6.07, 6.45) is 5.87. The average Bonchev–Trinajstić information content (AvgIpc) is 3.53. The summed E-state index contributed by atoms with van der Waals surface area (Å²) in [5.41, 5.74) is 0.679. The summed E-state index contributed by atoms with van der Waals surface area (Å²) in [5, 5.41) is 3.30. The molecular weight excluding hydrogens is 359 g/mol. The van der Waals surface area contributed by atoms with Crippen LogP contribution in [0.2, 0.25) is 0 Å². The molecular formula is C21H25FN4O2. The smallest absolute Gasteiger partial charge is 0.257 e. The second kappa shape index (κ2) is 8.12. The molecule has 0 bridgehead atoms. The maximum Gasteiger partial charge on any atom is 0.257 e. The van der Waals surface area contributed by atoms with Gasteiger partial charge in [-0.25, -0.2) is 14.4 Å². The zero-order valence-corrected chi connectivity index (χ0v) is 16.0. The van der Waals surface area contributed by atoms with Crippen LogP contribution in [0.5, 0.6) is 5.88 Å². The molecule has 2 aliphatic rings. The maximum atomic E-state index is 13.9. The van der Waals surface area contributed by atoms with Gasteiger partial charge < -0.3 is 15.0 Å². The van der Waals surface area contributed by atoms with Crippen molar-refractivity contribution in [3.05, 3.63) is 48.0 Å². The Morgan fingerprint density at radius 3 is 2.75 bits per heavy atom. The molecule has 0 radical (unpaired) electrons. The number of hydrogen-bond acceptors (Lipinski definition) is 5. The number of hydrogen-bond donors (Lipinski definition) is 1. The molecule has 4 rings (SSSR count). The topological polar surface area (TPSA) is 67.4 Å². The number of nitrogens with one attached hydrogen (secondary N) is 1. The molecule has 2 fully saturated rings. The molecule has 1 aromatic carbocycles. The van der Waals surface area contributed by atoms with Crippen LogP contribution in [-0.4, -0.2) is 47.5 Å². The van der Waals surface area contributed by atoms with E-state index in [1.807, 2.05) is 11.0 Å². The SMILES string of the molecule is COc1nccnc1NCC1CCN(C(=O)C2CC2c2ccccc2F)CC1. The van der Waals surface area contributed by atoms with Crippen molar-refractivity contribution < 1.29 is 13.9 Å². The van der Waals surface area contributed by atoms with Gasteiger partial charge in [-0.15, -0.1) is 0 Å². The van der Waals surface area contributed by atoms with Gasteiger partial charge >= 0.3 is 0 Å². The minimum atomic E-state index is -0.202. The van der Waals surface area contributed by atoms with Crippen LogP contribution in [0.1, 0.15) is 30.7 Å². The number of halogens is 1. The van der Waals surface area contributed by atoms with Crippen LogP contribution in [0.3, 0.4) is 0 Å². The number of likely N-dealkylation sites (tertiary alicyclic amines) is 1. The molecule has 28 heavy (non-hydrogen) atoms. The van der Waals surface area contributed by atoms with Gasteiger partial charge in [0.05, 0.1) is 7.11 Å². The van der Waals surface area contributed by atoms with Gasteiger partial charge in [-0.2, -0.15) is 0 Å². The molecule has 6 nitrogen and oxygen atoms in total. The van der Waals surface area contributed by atoms with E-state index in [4.69, 9.17) is 4.74 Å². The van der Waals surface area contributed by atoms with Crippen molar-refractivity contribution in [2.24, 2.45) is 11.8 Å². The molecule has 1 saturated heterocycles. The zero-order chi connectivity index (χ0) is 19.5. The third-order valence-corrected chi connectivity index (χ3v) is 5.75. The van der Waals surface area contributed by atoms with E-state index in [2.05, 4.69) is 15.3 Å². The maximum absolute atomic E-state index is 13.9. The van der Waals surface area contributed by atoms with Gasteiger partial charge in [0.1, 0.15) is 5.82 Å². The molecule has 2 unspecified atom stereocenters. The van der Waals surface area contributed by atoms with Crippen molar-refractivity contribution in [3.8, 4) is 5.88 Å². The van der Waals surface area contributed by atoms with Crippen molar-refractivity contribution >= 4 is 11.7 Å². The minimum absolute atomic E-state index is 0.0391. The van der Waals surface area contributed by atoms with Gasteiger partial charge in [0, 0.05) is 37.9 Å². The predicted molar refractivity (Wildman–Crippen MR) is 104 cm³/mol. The first kappa shape index (κ1) is 18.7. The molecule has 1 amide bonds. The Labute approximate surface area is 164 Å². The van der Waals surface area contributed by atoms with Crippen LogP contribution in [0.4, 0.5) is 10.2 Å². The number of ether oxygens (including phenoxy) is 1. The fourth-order valence-corrected chi connectivity index (χ4v) is 4.02. The fourth-order valence-electron chi connectivity index (χ4n) is 4.02. The van der Waals surface area contributed by atoms with E-state index in [-0.39, 0.29) is 23.6 Å². The molecule has 0 spiro atoms. The first-order chi connectivity index (χ1) is 13.7. The fraction of sp³-hybridized carbons (Fsp3) is 0.476. The summed E-state index contributed by atoms with van der Waals surface area (Å²) in [5.74, 6) is 1.56. The molecule has 2 heterocycles. The lowest BCUT2D eigenvalue weighted by Gasteiger charge is -2.32. The standard InChI is InChI=1S/C21H25FN4O2/c1-28-20-19(23-8-9-24-20)25-13-14-6-10-26(11-7-14)21(27)17-12-16(17)15-4-2-3-5-18(15)22/h2-5,8-9,14,16-17H,6-7,10-13H2,1H3,(H,23,25). The molecule has 2 aromatic rings. The number of methoxy groups -OCH3 is 1. The van der Waals surface area contributed by atoms with E-state index < -0.39 is 0 Å². The molecule has 1 saturated carbocycles. The Morgan fingerprint density at radius 2 is 2.00 bits per heavy atom. The van der Waals surface area contributed by atoms with Gasteiger partial charge in [-0.1, -0.05) is 18.2 Å². The van der Waals surface area contributed by atoms with Crippen LogP contribution in [-0.2, 0) is 4.79 Å². The molecule has 1 aliphatic heterocycles. The number of aromatic nitrogens is 2. The lowest BCUT2D eigenvalue weighted by Crippen LogP contribution is -2.40. The van der Waals surface area contributed by atoms with E-state index in [1.165, 1.54) is 6.07 Å². The quantitative estimate of drug-likeness (QED) is 0.829. The molecule has 2 atom stereocenters. The van der Waals surface area contributed by atoms with Crippen LogP contribution in [0, 0.1) is 17.7 Å². The van der Waals surface area contributed by atoms with Crippen molar-refractivity contribution in [1.82, 2.24) is 14.9 Å². The summed E-state index contributed by atoms with van der Waals surface area (Å²) < 4.78 is 19.1. The summed E-state index contributed by atoms with van der Waals surface area (Å²) in [7, 11) is 1.58. The Bertz CT molecular complexity index is 839. The van der Waals surface area contributed by atoms with Crippen molar-refractivity contribution in [1.29, 1.82) is 0 Å². The highest BCUT2D eigenvalue weighted by Gasteiger charge is 2.47. The number of piperidine rings is 1. The Hall–Kier alpha value is -2.70. The Balaban J connectivity index is 1.25. The Morgan fingerprint density at radius 1 is 1.25 bits per heavy atom. The van der Waals surface area contributed by atoms with E-state index in [1.54, 1.807) is 31.6 Å². The highest BCUT2D eigenvalue weighted by molar-refractivity contribution is 5.83. The van der Waals surface area contributed by atoms with Crippen molar-refractivity contribution in [2.75, 3.05) is 32.1 Å². The second-order valence-electron chi connectivity index (χ2n) is 7.53. The van der Waals surface area contributed by atoms with E-state index in [9.17, 15) is 9.18 Å². The van der Waals surface area contributed by atoms with Crippen LogP contribution in [0.25, 0.3) is 0 Å². The number of rotatable bonds is 6. The first-order valence-corrected chi connectivity index (χ1v) is 9.79. The van der Waals surface area contributed by atoms with E-state index in [0.29, 0.717) is 23.2 Å². The van der Waals surface area contributed by atoms with E-state index in [0.717, 1.165) is 38.9 Å². The summed E-state index contributed by atoms with van der Waals surface area (Å²) in [4.78, 5) is 23.1. The van der Waals surface area contributed by atoms with Crippen molar-refractivity contribution in [3.63, 3.8) is 0 Å². The van der Waals surface area contributed by atoms with Gasteiger partial charge in [0.15, 0.2) is 5.82 Å². The third kappa shape index (κ3) is 3.93. The monoisotopic (exact) mass is 384 g/mol. The van der Waals surface area contributed by atoms with Crippen LogP contribution < -0.4 is 10.1 Å². The minimum Gasteiger partial charge on any atom is -0.478 e. The van der Waals surface area contributed by atoms with Crippen LogP contribution in [0.15, 0.2) is 36.7 Å². The van der Waals surface area contributed by atoms with E-state index >= 15 is 0 Å². The van der Waals surface area contributed by atoms with Crippen molar-refractivity contribution in [2.45, 2.75) is 25.2 Å². The summed E-state index contributed by atoms with van der Waals surface area (Å²) >= 11 is 0. The first-order valence-electron chi connectivity index (χ1n) is 9.79. The van der Waals surface area contributed by atoms with Crippen LogP contribution >= 0.6 is 0 Å². The number of amides is 1. The lowest BCUT2D eigenvalue weighted by molar-refractivity contribution is -0.134. The number of benzene rings is 1. The Kier molecular flexibility index (Phi) is 5.41. The summed E-state index contributed by atoms with van der Waals surface area (Å²) in [6.45, 7) is 2.28. The second-order valence-corrected chi connectivity index (χ2v) is 7.53. The molecule has 1 aliphatic carbocycles. The normalized spacial score (nSPS) is 22.0. The average molecular weight is 384 g/mol. The molecule has 1 N–H and O–H groups in total. The van der Waals surface area contributed by atoms with Gasteiger partial charge in [0.2, 0.25) is 5.91 Å². The third-order valence-electron chi connectivity index (χ3n) is 5.75. The zero-order valence-electron chi connectivity index (χ0n) is 16.0. The number of carbonyl (C=O) groups is 1. The summed E-state index contributed by atoms with van der Waals surface area (Å²) in [6, 6.07) is 6.79. The van der Waals surface area contributed by atoms with Gasteiger partial charge in [-0.3, -0.25) is 4.79 Å². The number of nitrogens with zero attached hydrogens (tertiary/aromatic N) is 3. The number of anilines is 1. The molecule has 148 valence electrons. The molecule has 1 aromatic heterocycles.